The number of rotatable bonds is 12. The molecule has 0 saturated carbocycles. The zero-order chi connectivity index (χ0) is 21.6. The van der Waals surface area contributed by atoms with E-state index in [0.29, 0.717) is 5.75 Å². The predicted molar refractivity (Wildman–Crippen MR) is 120 cm³/mol. The molecule has 0 aromatic heterocycles. The summed E-state index contributed by atoms with van der Waals surface area (Å²) in [5.74, 6) is 0.725. The van der Waals surface area contributed by atoms with Crippen molar-refractivity contribution >= 4 is 23.8 Å². The number of alkyl carbamates (subject to hydrolysis) is 1. The molecule has 0 aliphatic heterocycles. The van der Waals surface area contributed by atoms with Crippen LogP contribution < -0.4 is 10.1 Å². The second kappa shape index (κ2) is 13.3. The van der Waals surface area contributed by atoms with Crippen LogP contribution in [0.25, 0.3) is 0 Å². The van der Waals surface area contributed by atoms with Gasteiger partial charge in [-0.15, -0.1) is 11.8 Å². The van der Waals surface area contributed by atoms with E-state index in [4.69, 9.17) is 14.2 Å². The monoisotopic (exact) mass is 431 g/mol. The molecule has 2 rings (SSSR count). The molecule has 0 saturated heterocycles. The number of amides is 1. The van der Waals surface area contributed by atoms with Gasteiger partial charge in [0.25, 0.3) is 0 Å². The summed E-state index contributed by atoms with van der Waals surface area (Å²) in [4.78, 5) is 24.2. The lowest BCUT2D eigenvalue weighted by atomic mass is 10.2. The number of benzene rings is 2. The second-order valence-electron chi connectivity index (χ2n) is 6.26. The molecule has 7 heteroatoms. The summed E-state index contributed by atoms with van der Waals surface area (Å²) in [6, 6.07) is 17.7. The Bertz CT molecular complexity index is 801. The molecule has 6 nitrogen and oxygen atoms in total. The molecule has 2 aromatic rings. The second-order valence-corrected chi connectivity index (χ2v) is 7.35. The van der Waals surface area contributed by atoms with Crippen molar-refractivity contribution in [3.8, 4) is 5.75 Å². The molecule has 1 N–H and O–H groups in total. The summed E-state index contributed by atoms with van der Waals surface area (Å²) in [7, 11) is 0. The molecule has 1 unspecified atom stereocenters. The molecule has 0 heterocycles. The molecular weight excluding hydrogens is 402 g/mol. The predicted octanol–water partition coefficient (Wildman–Crippen LogP) is 4.49. The zero-order valence-corrected chi connectivity index (χ0v) is 17.9. The highest BCUT2D eigenvalue weighted by atomic mass is 32.2. The van der Waals surface area contributed by atoms with E-state index in [1.54, 1.807) is 11.8 Å². The van der Waals surface area contributed by atoms with Crippen molar-refractivity contribution in [2.24, 2.45) is 0 Å². The third kappa shape index (κ3) is 9.05. The lowest BCUT2D eigenvalue weighted by Gasteiger charge is -2.19. The Morgan fingerprint density at radius 3 is 2.57 bits per heavy atom. The summed E-state index contributed by atoms with van der Waals surface area (Å²) >= 11 is 1.58. The summed E-state index contributed by atoms with van der Waals surface area (Å²) in [6.45, 7) is 5.83. The van der Waals surface area contributed by atoms with Gasteiger partial charge >= 0.3 is 12.1 Å². The maximum atomic E-state index is 12.1. The number of aryl methyl sites for hydroxylation is 1. The van der Waals surface area contributed by atoms with Crippen LogP contribution in [0.1, 0.15) is 13.9 Å². The van der Waals surface area contributed by atoms with Gasteiger partial charge in [0.05, 0.1) is 6.54 Å². The fourth-order valence-electron chi connectivity index (χ4n) is 2.39. The van der Waals surface area contributed by atoms with Crippen LogP contribution in [-0.2, 0) is 20.7 Å². The van der Waals surface area contributed by atoms with Crippen LogP contribution in [-0.4, -0.2) is 43.7 Å². The molecule has 1 atom stereocenters. The van der Waals surface area contributed by atoms with Crippen LogP contribution >= 0.6 is 11.8 Å². The van der Waals surface area contributed by atoms with Gasteiger partial charge in [-0.25, -0.2) is 9.59 Å². The number of thioether (sulfide) groups is 1. The maximum absolute atomic E-state index is 12.1. The summed E-state index contributed by atoms with van der Waals surface area (Å²) in [5, 5.41) is 2.57. The van der Waals surface area contributed by atoms with Gasteiger partial charge in [0.15, 0.2) is 0 Å². The van der Waals surface area contributed by atoms with Gasteiger partial charge in [0, 0.05) is 18.2 Å². The highest BCUT2D eigenvalue weighted by molar-refractivity contribution is 7.99. The first-order chi connectivity index (χ1) is 14.6. The zero-order valence-electron chi connectivity index (χ0n) is 17.0. The number of ether oxygens (including phenoxy) is 3. The summed E-state index contributed by atoms with van der Waals surface area (Å²) in [6.07, 6.45) is 0.978. The smallest absolute Gasteiger partial charge is 0.407 e. The standard InChI is InChI=1S/C23H27NO5S.H2/c1-3-18-10-12-19(13-11-18)28-16-20(17-30-21-8-6-5-7-9-21)29-23(26)24-14-15-27-22(25)4-2;/h4-13,20H,2-3,14-17H2,1H3,(H,24,26);1H. The Labute approximate surface area is 183 Å². The van der Waals surface area contributed by atoms with E-state index in [9.17, 15) is 9.59 Å². The average Bonchev–Trinajstić information content (AvgIpc) is 2.79. The number of hydrogen-bond donors (Lipinski definition) is 1. The Balaban J connectivity index is 0.00000480. The van der Waals surface area contributed by atoms with Gasteiger partial charge in [-0.1, -0.05) is 43.8 Å². The SMILES string of the molecule is C=CC(=O)OCCNC(=O)OC(COc1ccc(CC)cc1)CSc1ccccc1.[HH]. The van der Waals surface area contributed by atoms with Gasteiger partial charge in [0.2, 0.25) is 0 Å². The van der Waals surface area contributed by atoms with Gasteiger partial charge in [-0.2, -0.15) is 0 Å². The largest absolute Gasteiger partial charge is 0.490 e. The average molecular weight is 432 g/mol. The van der Waals surface area contributed by atoms with Crippen LogP contribution in [0.3, 0.4) is 0 Å². The Morgan fingerprint density at radius 2 is 1.90 bits per heavy atom. The normalized spacial score (nSPS) is 11.2. The Hall–Kier alpha value is -2.93. The van der Waals surface area contributed by atoms with Crippen LogP contribution in [0.4, 0.5) is 4.79 Å². The van der Waals surface area contributed by atoms with E-state index >= 15 is 0 Å². The van der Waals surface area contributed by atoms with Gasteiger partial charge in [-0.05, 0) is 36.2 Å². The van der Waals surface area contributed by atoms with Crippen LogP contribution in [0.5, 0.6) is 5.75 Å². The first-order valence-electron chi connectivity index (χ1n) is 9.74. The first-order valence-corrected chi connectivity index (χ1v) is 10.7. The molecule has 162 valence electrons. The van der Waals surface area contributed by atoms with Gasteiger partial charge in [-0.3, -0.25) is 0 Å². The number of esters is 1. The van der Waals surface area contributed by atoms with Crippen molar-refractivity contribution in [3.05, 3.63) is 72.8 Å². The van der Waals surface area contributed by atoms with Gasteiger partial charge < -0.3 is 19.5 Å². The third-order valence-corrected chi connectivity index (χ3v) is 5.15. The fourth-order valence-corrected chi connectivity index (χ4v) is 3.28. The van der Waals surface area contributed by atoms with Crippen molar-refractivity contribution in [1.82, 2.24) is 5.32 Å². The van der Waals surface area contributed by atoms with E-state index in [-0.39, 0.29) is 21.2 Å². The molecule has 0 bridgehead atoms. The minimum atomic E-state index is -0.590. The van der Waals surface area contributed by atoms with Crippen molar-refractivity contribution in [3.63, 3.8) is 0 Å². The highest BCUT2D eigenvalue weighted by Gasteiger charge is 2.16. The summed E-state index contributed by atoms with van der Waals surface area (Å²) in [5.41, 5.74) is 1.23. The van der Waals surface area contributed by atoms with E-state index in [0.717, 1.165) is 23.1 Å². The molecule has 0 radical (unpaired) electrons. The number of carbonyl (C=O) groups excluding carboxylic acids is 2. The molecule has 0 fully saturated rings. The van der Waals surface area contributed by atoms with Crippen molar-refractivity contribution in [2.75, 3.05) is 25.5 Å². The minimum absolute atomic E-state index is 0. The fraction of sp³-hybridized carbons (Fsp3) is 0.304. The maximum Gasteiger partial charge on any atom is 0.407 e. The van der Waals surface area contributed by atoms with E-state index < -0.39 is 18.2 Å². The van der Waals surface area contributed by atoms with E-state index in [1.807, 2.05) is 54.6 Å². The topological polar surface area (TPSA) is 73.9 Å². The van der Waals surface area contributed by atoms with Crippen LogP contribution in [0.2, 0.25) is 0 Å². The molecule has 1 amide bonds. The molecule has 0 spiro atoms. The van der Waals surface area contributed by atoms with Crippen molar-refractivity contribution in [2.45, 2.75) is 24.3 Å². The quantitative estimate of drug-likeness (QED) is 0.231. The molecule has 30 heavy (non-hydrogen) atoms. The highest BCUT2D eigenvalue weighted by Crippen LogP contribution is 2.20. The van der Waals surface area contributed by atoms with Crippen molar-refractivity contribution in [1.29, 1.82) is 0 Å². The minimum Gasteiger partial charge on any atom is -0.490 e. The molecule has 0 aliphatic rings. The first kappa shape index (κ1) is 23.3. The number of nitrogens with one attached hydrogen (secondary N) is 1. The lowest BCUT2D eigenvalue weighted by molar-refractivity contribution is -0.137. The van der Waals surface area contributed by atoms with Crippen LogP contribution in [0, 0.1) is 0 Å². The number of carbonyl (C=O) groups is 2. The molecule has 2 aromatic carbocycles. The van der Waals surface area contributed by atoms with Crippen molar-refractivity contribution < 1.29 is 25.2 Å². The van der Waals surface area contributed by atoms with Gasteiger partial charge in [0.1, 0.15) is 25.1 Å². The lowest BCUT2D eigenvalue weighted by Crippen LogP contribution is -2.35. The third-order valence-electron chi connectivity index (χ3n) is 4.00. The van der Waals surface area contributed by atoms with E-state index in [2.05, 4.69) is 18.8 Å². The van der Waals surface area contributed by atoms with Crippen LogP contribution in [0.15, 0.2) is 72.1 Å². The molecule has 0 aliphatic carbocycles. The number of hydrogen-bond acceptors (Lipinski definition) is 6. The summed E-state index contributed by atoms with van der Waals surface area (Å²) < 4.78 is 16.2. The Morgan fingerprint density at radius 1 is 1.17 bits per heavy atom. The Kier molecular flexibility index (Phi) is 10.4. The van der Waals surface area contributed by atoms with E-state index in [1.165, 1.54) is 5.56 Å². The molecular formula is C23H29NO5S.